The number of carbonyl (C=O) groups is 1. The van der Waals surface area contributed by atoms with E-state index in [4.69, 9.17) is 0 Å². The van der Waals surface area contributed by atoms with Crippen molar-refractivity contribution in [3.63, 3.8) is 0 Å². The van der Waals surface area contributed by atoms with Gasteiger partial charge in [0.25, 0.3) is 11.2 Å². The third kappa shape index (κ3) is 4.07. The van der Waals surface area contributed by atoms with Gasteiger partial charge in [0.2, 0.25) is 5.91 Å². The van der Waals surface area contributed by atoms with E-state index in [2.05, 4.69) is 10.4 Å². The molecule has 0 unspecified atom stereocenters. The lowest BCUT2D eigenvalue weighted by Crippen LogP contribution is -2.29. The summed E-state index contributed by atoms with van der Waals surface area (Å²) in [6.45, 7) is -0.281. The largest absolute Gasteiger partial charge is 0.324 e. The summed E-state index contributed by atoms with van der Waals surface area (Å²) in [6, 6.07) is 22.2. The fraction of sp³-hybridized carbons (Fsp3) is 0.0455. The summed E-state index contributed by atoms with van der Waals surface area (Å²) in [5, 5.41) is 19.8. The Morgan fingerprint density at radius 1 is 0.967 bits per heavy atom. The normalized spacial score (nSPS) is 10.7. The second-order valence-corrected chi connectivity index (χ2v) is 6.63. The van der Waals surface area contributed by atoms with Crippen molar-refractivity contribution in [2.75, 3.05) is 5.32 Å². The molecule has 148 valence electrons. The molecule has 1 N–H and O–H groups in total. The van der Waals surface area contributed by atoms with Crippen molar-refractivity contribution < 1.29 is 9.72 Å². The molecule has 4 aromatic rings. The molecule has 0 radical (unpaired) electrons. The Bertz CT molecular complexity index is 1310. The third-order valence-corrected chi connectivity index (χ3v) is 4.57. The second-order valence-electron chi connectivity index (χ2n) is 6.63. The van der Waals surface area contributed by atoms with Gasteiger partial charge in [0.1, 0.15) is 6.54 Å². The topological polar surface area (TPSA) is 107 Å². The number of anilines is 1. The molecule has 0 aliphatic rings. The van der Waals surface area contributed by atoms with E-state index < -0.39 is 16.4 Å². The molecule has 0 saturated heterocycles. The average Bonchev–Trinajstić information content (AvgIpc) is 2.75. The van der Waals surface area contributed by atoms with E-state index >= 15 is 0 Å². The van der Waals surface area contributed by atoms with Gasteiger partial charge in [0.05, 0.1) is 10.6 Å². The molecular weight excluding hydrogens is 384 g/mol. The van der Waals surface area contributed by atoms with Crippen molar-refractivity contribution in [3.8, 4) is 11.3 Å². The van der Waals surface area contributed by atoms with Crippen molar-refractivity contribution in [1.82, 2.24) is 9.78 Å². The summed E-state index contributed by atoms with van der Waals surface area (Å²) in [5.74, 6) is -0.464. The minimum Gasteiger partial charge on any atom is -0.324 e. The summed E-state index contributed by atoms with van der Waals surface area (Å²) in [7, 11) is 0. The van der Waals surface area contributed by atoms with E-state index in [9.17, 15) is 19.7 Å². The van der Waals surface area contributed by atoms with Crippen LogP contribution in [0.25, 0.3) is 22.0 Å². The van der Waals surface area contributed by atoms with Gasteiger partial charge < -0.3 is 5.32 Å². The highest BCUT2D eigenvalue weighted by Crippen LogP contribution is 2.22. The van der Waals surface area contributed by atoms with Gasteiger partial charge in [-0.25, -0.2) is 4.68 Å². The zero-order valence-corrected chi connectivity index (χ0v) is 15.7. The molecule has 0 atom stereocenters. The first kappa shape index (κ1) is 19.0. The number of rotatable bonds is 5. The second kappa shape index (κ2) is 7.96. The molecule has 0 fully saturated rings. The number of amides is 1. The number of hydrogen-bond donors (Lipinski definition) is 1. The number of non-ortho nitro benzene ring substituents is 1. The average molecular weight is 400 g/mol. The number of nitrogens with zero attached hydrogens (tertiary/aromatic N) is 3. The Morgan fingerprint density at radius 2 is 1.70 bits per heavy atom. The van der Waals surface area contributed by atoms with Crippen LogP contribution < -0.4 is 10.9 Å². The van der Waals surface area contributed by atoms with E-state index in [0.717, 1.165) is 21.0 Å². The van der Waals surface area contributed by atoms with E-state index in [-0.39, 0.29) is 12.2 Å². The lowest BCUT2D eigenvalue weighted by Gasteiger charge is -2.09. The van der Waals surface area contributed by atoms with Crippen molar-refractivity contribution in [1.29, 1.82) is 0 Å². The first-order valence-corrected chi connectivity index (χ1v) is 9.11. The predicted octanol–water partition coefficient (Wildman–Crippen LogP) is 3.61. The number of aromatic nitrogens is 2. The Morgan fingerprint density at radius 3 is 2.43 bits per heavy atom. The lowest BCUT2D eigenvalue weighted by atomic mass is 10.1. The highest BCUT2D eigenvalue weighted by Gasteiger charge is 2.10. The van der Waals surface area contributed by atoms with Gasteiger partial charge in [-0.3, -0.25) is 19.7 Å². The van der Waals surface area contributed by atoms with Gasteiger partial charge in [-0.05, 0) is 35.0 Å². The molecule has 0 spiro atoms. The van der Waals surface area contributed by atoms with E-state index in [1.165, 1.54) is 30.3 Å². The molecule has 8 heteroatoms. The summed E-state index contributed by atoms with van der Waals surface area (Å²) >= 11 is 0. The van der Waals surface area contributed by atoms with Gasteiger partial charge in [-0.2, -0.15) is 5.10 Å². The van der Waals surface area contributed by atoms with Crippen LogP contribution >= 0.6 is 0 Å². The maximum Gasteiger partial charge on any atom is 0.269 e. The highest BCUT2D eigenvalue weighted by molar-refractivity contribution is 5.90. The Labute approximate surface area is 170 Å². The summed E-state index contributed by atoms with van der Waals surface area (Å²) in [4.78, 5) is 34.7. The molecule has 1 heterocycles. The maximum absolute atomic E-state index is 12.3. The molecule has 8 nitrogen and oxygen atoms in total. The highest BCUT2D eigenvalue weighted by atomic mass is 16.6. The third-order valence-electron chi connectivity index (χ3n) is 4.57. The van der Waals surface area contributed by atoms with Gasteiger partial charge in [-0.1, -0.05) is 36.4 Å². The maximum atomic E-state index is 12.3. The molecule has 0 aliphatic heterocycles. The van der Waals surface area contributed by atoms with Crippen molar-refractivity contribution in [2.45, 2.75) is 6.54 Å². The predicted molar refractivity (Wildman–Crippen MR) is 113 cm³/mol. The zero-order chi connectivity index (χ0) is 21.1. The van der Waals surface area contributed by atoms with Crippen LogP contribution in [0.5, 0.6) is 0 Å². The van der Waals surface area contributed by atoms with Crippen LogP contribution in [-0.4, -0.2) is 20.6 Å². The van der Waals surface area contributed by atoms with Crippen LogP contribution in [0, 0.1) is 10.1 Å². The van der Waals surface area contributed by atoms with Crippen LogP contribution in [0.1, 0.15) is 0 Å². The first-order chi connectivity index (χ1) is 14.5. The van der Waals surface area contributed by atoms with Gasteiger partial charge in [0, 0.05) is 29.4 Å². The molecule has 0 bridgehead atoms. The Hall–Kier alpha value is -4.33. The van der Waals surface area contributed by atoms with Crippen molar-refractivity contribution >= 4 is 28.1 Å². The van der Waals surface area contributed by atoms with Crippen LogP contribution in [0.4, 0.5) is 11.4 Å². The molecule has 30 heavy (non-hydrogen) atoms. The monoisotopic (exact) mass is 400 g/mol. The Balaban J connectivity index is 1.54. The van der Waals surface area contributed by atoms with Crippen LogP contribution in [0.3, 0.4) is 0 Å². The molecule has 0 saturated carbocycles. The number of nitro benzene ring substituents is 1. The molecule has 1 aromatic heterocycles. The minimum atomic E-state index is -0.520. The van der Waals surface area contributed by atoms with Crippen LogP contribution in [-0.2, 0) is 11.3 Å². The van der Waals surface area contributed by atoms with Gasteiger partial charge in [-0.15, -0.1) is 0 Å². The summed E-state index contributed by atoms with van der Waals surface area (Å²) < 4.78 is 1.09. The standard InChI is InChI=1S/C22H16N4O4/c27-21(23-18-7-9-19(10-8-18)26(29)30)14-25-22(28)12-11-20(24-25)17-6-5-15-3-1-2-4-16(15)13-17/h1-13H,14H2,(H,23,27). The van der Waals surface area contributed by atoms with E-state index in [0.29, 0.717) is 11.4 Å². The molecular formula is C22H16N4O4. The molecule has 4 rings (SSSR count). The quantitative estimate of drug-likeness (QED) is 0.407. The summed E-state index contributed by atoms with van der Waals surface area (Å²) in [5.41, 5.74) is 1.32. The lowest BCUT2D eigenvalue weighted by molar-refractivity contribution is -0.384. The van der Waals surface area contributed by atoms with Gasteiger partial charge >= 0.3 is 0 Å². The fourth-order valence-electron chi connectivity index (χ4n) is 3.07. The van der Waals surface area contributed by atoms with E-state index in [1.54, 1.807) is 6.07 Å². The van der Waals surface area contributed by atoms with E-state index in [1.807, 2.05) is 42.5 Å². The van der Waals surface area contributed by atoms with Crippen LogP contribution in [0.15, 0.2) is 83.7 Å². The molecule has 3 aromatic carbocycles. The van der Waals surface area contributed by atoms with Crippen LogP contribution in [0.2, 0.25) is 0 Å². The number of carbonyl (C=O) groups excluding carboxylic acids is 1. The number of benzene rings is 3. The smallest absolute Gasteiger partial charge is 0.269 e. The summed E-state index contributed by atoms with van der Waals surface area (Å²) in [6.07, 6.45) is 0. The first-order valence-electron chi connectivity index (χ1n) is 9.11. The fourth-order valence-corrected chi connectivity index (χ4v) is 3.07. The minimum absolute atomic E-state index is 0.0750. The number of nitrogens with one attached hydrogen (secondary N) is 1. The SMILES string of the molecule is O=C(Cn1nc(-c2ccc3ccccc3c2)ccc1=O)Nc1ccc([N+](=O)[O-])cc1. The van der Waals surface area contributed by atoms with Gasteiger partial charge in [0.15, 0.2) is 0 Å². The van der Waals surface area contributed by atoms with Crippen molar-refractivity contribution in [3.05, 3.63) is 99.3 Å². The van der Waals surface area contributed by atoms with Crippen molar-refractivity contribution in [2.24, 2.45) is 0 Å². The zero-order valence-electron chi connectivity index (χ0n) is 15.7. The number of fused-ring (bicyclic) bond motifs is 1. The Kier molecular flexibility index (Phi) is 5.04. The molecule has 0 aliphatic carbocycles. The number of hydrogen-bond acceptors (Lipinski definition) is 5. The number of nitro groups is 1. The molecule has 1 amide bonds.